The summed E-state index contributed by atoms with van der Waals surface area (Å²) in [4.78, 5) is 16.5. The fraction of sp³-hybridized carbons (Fsp3) is 0.579. The van der Waals surface area contributed by atoms with Crippen molar-refractivity contribution in [3.05, 3.63) is 29.8 Å². The highest BCUT2D eigenvalue weighted by atomic mass is 127. The molecule has 8 heteroatoms. The number of nitrogens with one attached hydrogen (secondary N) is 3. The van der Waals surface area contributed by atoms with Crippen LogP contribution >= 0.6 is 35.7 Å². The lowest BCUT2D eigenvalue weighted by molar-refractivity contribution is -0.119. The zero-order valence-corrected chi connectivity index (χ0v) is 19.4. The van der Waals surface area contributed by atoms with Crippen molar-refractivity contribution in [3.63, 3.8) is 0 Å². The average molecular weight is 506 g/mol. The van der Waals surface area contributed by atoms with Crippen molar-refractivity contribution in [1.29, 1.82) is 0 Å². The summed E-state index contributed by atoms with van der Waals surface area (Å²) in [6.07, 6.45) is 5.70. The summed E-state index contributed by atoms with van der Waals surface area (Å²) >= 11 is 1.93. The summed E-state index contributed by atoms with van der Waals surface area (Å²) in [7, 11) is 1.64. The van der Waals surface area contributed by atoms with Crippen LogP contribution in [0.5, 0.6) is 5.75 Å². The van der Waals surface area contributed by atoms with Gasteiger partial charge in [-0.3, -0.25) is 4.79 Å². The topological polar surface area (TPSA) is 74.8 Å². The molecule has 1 aromatic carbocycles. The van der Waals surface area contributed by atoms with Gasteiger partial charge < -0.3 is 20.7 Å². The van der Waals surface area contributed by atoms with Gasteiger partial charge in [-0.2, -0.15) is 11.8 Å². The number of carbonyl (C=O) groups is 1. The molecule has 1 aromatic rings. The molecule has 3 N–H and O–H groups in total. The molecular formula is C19H31IN4O2S. The lowest BCUT2D eigenvalue weighted by Crippen LogP contribution is -2.43. The third kappa shape index (κ3) is 8.59. The van der Waals surface area contributed by atoms with E-state index in [4.69, 9.17) is 4.74 Å². The molecule has 1 aliphatic carbocycles. The van der Waals surface area contributed by atoms with E-state index in [9.17, 15) is 4.79 Å². The fourth-order valence-electron chi connectivity index (χ4n) is 2.95. The van der Waals surface area contributed by atoms with Crippen molar-refractivity contribution in [2.75, 3.05) is 26.5 Å². The van der Waals surface area contributed by atoms with Crippen LogP contribution in [0.1, 0.15) is 31.7 Å². The zero-order valence-electron chi connectivity index (χ0n) is 16.3. The molecular weight excluding hydrogens is 475 g/mol. The van der Waals surface area contributed by atoms with Crippen LogP contribution in [0.4, 0.5) is 0 Å². The third-order valence-corrected chi connectivity index (χ3v) is 5.53. The molecule has 1 amide bonds. The van der Waals surface area contributed by atoms with Crippen LogP contribution < -0.4 is 20.7 Å². The molecule has 0 spiro atoms. The predicted octanol–water partition coefficient (Wildman–Crippen LogP) is 2.77. The molecule has 2 rings (SSSR count). The Labute approximate surface area is 183 Å². The number of hydrogen-bond donors (Lipinski definition) is 3. The first-order valence-electron chi connectivity index (χ1n) is 9.11. The molecule has 0 radical (unpaired) electrons. The van der Waals surface area contributed by atoms with Crippen molar-refractivity contribution < 1.29 is 9.53 Å². The lowest BCUT2D eigenvalue weighted by Gasteiger charge is -2.17. The summed E-state index contributed by atoms with van der Waals surface area (Å²) in [6, 6.07) is 8.09. The van der Waals surface area contributed by atoms with Crippen molar-refractivity contribution in [2.24, 2.45) is 4.99 Å². The number of nitrogens with zero attached hydrogens (tertiary/aromatic N) is 1. The van der Waals surface area contributed by atoms with E-state index in [0.717, 1.165) is 41.9 Å². The molecule has 2 unspecified atom stereocenters. The Bertz CT molecular complexity index is 598. The van der Waals surface area contributed by atoms with E-state index in [-0.39, 0.29) is 36.4 Å². The molecule has 0 heterocycles. The smallest absolute Gasteiger partial charge is 0.242 e. The normalized spacial score (nSPS) is 19.1. The number of halogens is 1. The number of rotatable bonds is 8. The quantitative estimate of drug-likeness (QED) is 0.287. The monoisotopic (exact) mass is 506 g/mol. The van der Waals surface area contributed by atoms with Gasteiger partial charge in [0.15, 0.2) is 5.96 Å². The highest BCUT2D eigenvalue weighted by molar-refractivity contribution is 14.0. The maximum absolute atomic E-state index is 12.1. The van der Waals surface area contributed by atoms with E-state index in [1.54, 1.807) is 7.11 Å². The van der Waals surface area contributed by atoms with Crippen LogP contribution in [-0.2, 0) is 11.3 Å². The third-order valence-electron chi connectivity index (χ3n) is 4.43. The Balaban J connectivity index is 0.00000364. The van der Waals surface area contributed by atoms with Gasteiger partial charge in [-0.1, -0.05) is 12.1 Å². The number of aliphatic imine (C=N–C) groups is 1. The van der Waals surface area contributed by atoms with Crippen LogP contribution in [0, 0.1) is 0 Å². The van der Waals surface area contributed by atoms with Crippen LogP contribution in [-0.4, -0.2) is 49.6 Å². The van der Waals surface area contributed by atoms with Crippen LogP contribution in [0.2, 0.25) is 0 Å². The van der Waals surface area contributed by atoms with Gasteiger partial charge in [-0.05, 0) is 50.1 Å². The molecule has 0 saturated heterocycles. The van der Waals surface area contributed by atoms with E-state index >= 15 is 0 Å². The number of ether oxygens (including phenoxy) is 1. The first-order chi connectivity index (χ1) is 12.6. The molecule has 1 saturated carbocycles. The standard InChI is InChI=1S/C19H30N4O2S.HI/c1-4-20-19(23-15-7-10-17(11-15)26-3)22-13-18(24)21-12-14-5-8-16(25-2)9-6-14;/h5-6,8-9,15,17H,4,7,10-13H2,1-3H3,(H,21,24)(H2,20,22,23);1H. The first kappa shape index (κ1) is 23.9. The highest BCUT2D eigenvalue weighted by Gasteiger charge is 2.24. The van der Waals surface area contributed by atoms with Gasteiger partial charge in [0.25, 0.3) is 0 Å². The largest absolute Gasteiger partial charge is 0.497 e. The number of thioether (sulfide) groups is 1. The minimum absolute atomic E-state index is 0. The number of methoxy groups -OCH3 is 1. The lowest BCUT2D eigenvalue weighted by atomic mass is 10.2. The summed E-state index contributed by atoms with van der Waals surface area (Å²) in [5.74, 6) is 1.44. The molecule has 0 aliphatic heterocycles. The molecule has 6 nitrogen and oxygen atoms in total. The Hall–Kier alpha value is -1.16. The number of amides is 1. The second-order valence-electron chi connectivity index (χ2n) is 6.33. The van der Waals surface area contributed by atoms with E-state index < -0.39 is 0 Å². The fourth-order valence-corrected chi connectivity index (χ4v) is 3.75. The van der Waals surface area contributed by atoms with Gasteiger partial charge in [0, 0.05) is 24.4 Å². The second-order valence-corrected chi connectivity index (χ2v) is 7.47. The molecule has 27 heavy (non-hydrogen) atoms. The maximum atomic E-state index is 12.1. The minimum atomic E-state index is -0.0913. The van der Waals surface area contributed by atoms with Crippen LogP contribution in [0.25, 0.3) is 0 Å². The molecule has 1 fully saturated rings. The zero-order chi connectivity index (χ0) is 18.8. The van der Waals surface area contributed by atoms with Crippen molar-refractivity contribution in [1.82, 2.24) is 16.0 Å². The van der Waals surface area contributed by atoms with Crippen LogP contribution in [0.15, 0.2) is 29.3 Å². The average Bonchev–Trinajstić information content (AvgIpc) is 3.12. The Kier molecular flexibility index (Phi) is 11.6. The summed E-state index contributed by atoms with van der Waals surface area (Å²) in [6.45, 7) is 3.41. The van der Waals surface area contributed by atoms with Crippen molar-refractivity contribution >= 4 is 47.6 Å². The molecule has 1 aliphatic rings. The van der Waals surface area contributed by atoms with E-state index in [1.807, 2.05) is 43.0 Å². The second kappa shape index (κ2) is 13.1. The van der Waals surface area contributed by atoms with Gasteiger partial charge in [-0.15, -0.1) is 24.0 Å². The Morgan fingerprint density at radius 2 is 2.00 bits per heavy atom. The van der Waals surface area contributed by atoms with Gasteiger partial charge in [0.1, 0.15) is 12.3 Å². The van der Waals surface area contributed by atoms with Gasteiger partial charge >= 0.3 is 0 Å². The van der Waals surface area contributed by atoms with E-state index in [0.29, 0.717) is 12.6 Å². The van der Waals surface area contributed by atoms with Crippen molar-refractivity contribution in [2.45, 2.75) is 44.0 Å². The Morgan fingerprint density at radius 1 is 1.26 bits per heavy atom. The number of guanidine groups is 1. The number of carbonyl (C=O) groups excluding carboxylic acids is 1. The predicted molar refractivity (Wildman–Crippen MR) is 124 cm³/mol. The summed E-state index contributed by atoms with van der Waals surface area (Å²) < 4.78 is 5.13. The summed E-state index contributed by atoms with van der Waals surface area (Å²) in [5.41, 5.74) is 1.03. The summed E-state index contributed by atoms with van der Waals surface area (Å²) in [5, 5.41) is 10.3. The maximum Gasteiger partial charge on any atom is 0.242 e. The molecule has 152 valence electrons. The van der Waals surface area contributed by atoms with Crippen LogP contribution in [0.3, 0.4) is 0 Å². The van der Waals surface area contributed by atoms with Crippen molar-refractivity contribution in [3.8, 4) is 5.75 Å². The van der Waals surface area contributed by atoms with Gasteiger partial charge in [-0.25, -0.2) is 4.99 Å². The van der Waals surface area contributed by atoms with E-state index in [1.165, 1.54) is 6.42 Å². The number of hydrogen-bond acceptors (Lipinski definition) is 4. The highest BCUT2D eigenvalue weighted by Crippen LogP contribution is 2.27. The molecule has 0 aromatic heterocycles. The number of benzene rings is 1. The minimum Gasteiger partial charge on any atom is -0.497 e. The molecule has 2 atom stereocenters. The molecule has 0 bridgehead atoms. The van der Waals surface area contributed by atoms with E-state index in [2.05, 4.69) is 27.2 Å². The SMILES string of the molecule is CCNC(=NCC(=O)NCc1ccc(OC)cc1)NC1CCC(SC)C1.I. The first-order valence-corrected chi connectivity index (χ1v) is 10.4. The Morgan fingerprint density at radius 3 is 2.59 bits per heavy atom. The van der Waals surface area contributed by atoms with Gasteiger partial charge in [0.2, 0.25) is 5.91 Å². The van der Waals surface area contributed by atoms with Gasteiger partial charge in [0.05, 0.1) is 7.11 Å².